The Morgan fingerprint density at radius 1 is 1.14 bits per heavy atom. The van der Waals surface area contributed by atoms with Crippen LogP contribution in [0, 0.1) is 17.3 Å². The van der Waals surface area contributed by atoms with E-state index in [-0.39, 0.29) is 34.4 Å². The molecule has 0 radical (unpaired) electrons. The number of halogens is 3. The molecule has 8 heteroatoms. The summed E-state index contributed by atoms with van der Waals surface area (Å²) >= 11 is 0. The molecular weight excluding hydrogens is 459 g/mol. The molecule has 0 heterocycles. The lowest BCUT2D eigenvalue weighted by molar-refractivity contribution is -0.137. The topological polar surface area (TPSA) is 78.8 Å². The fourth-order valence-corrected chi connectivity index (χ4v) is 7.01. The molecule has 0 aromatic heterocycles. The van der Waals surface area contributed by atoms with Crippen LogP contribution in [-0.2, 0) is 17.4 Å². The minimum Gasteiger partial charge on any atom is -0.508 e. The molecule has 0 aliphatic heterocycles. The average Bonchev–Trinajstić information content (AvgIpc) is 3.07. The van der Waals surface area contributed by atoms with Crippen LogP contribution in [-0.4, -0.2) is 28.3 Å². The van der Waals surface area contributed by atoms with Crippen molar-refractivity contribution in [3.63, 3.8) is 0 Å². The number of rotatable bonds is 3. The van der Waals surface area contributed by atoms with Gasteiger partial charge in [-0.3, -0.25) is 4.79 Å². The molecule has 2 saturated carbocycles. The third kappa shape index (κ3) is 4.15. The first-order chi connectivity index (χ1) is 16.5. The van der Waals surface area contributed by atoms with Gasteiger partial charge in [-0.05, 0) is 85.4 Å². The number of anilines is 1. The molecule has 3 N–H and O–H groups in total. The van der Waals surface area contributed by atoms with Crippen molar-refractivity contribution in [2.45, 2.75) is 70.3 Å². The van der Waals surface area contributed by atoms with Crippen LogP contribution in [0.5, 0.6) is 11.5 Å². The van der Waals surface area contributed by atoms with Crippen LogP contribution in [0.15, 0.2) is 36.4 Å². The minimum absolute atomic E-state index is 0.0490. The Labute approximate surface area is 202 Å². The maximum Gasteiger partial charge on any atom is 0.418 e. The van der Waals surface area contributed by atoms with E-state index in [9.17, 15) is 28.2 Å². The second kappa shape index (κ2) is 8.43. The van der Waals surface area contributed by atoms with Crippen LogP contribution < -0.4 is 10.1 Å². The largest absolute Gasteiger partial charge is 0.508 e. The van der Waals surface area contributed by atoms with Crippen molar-refractivity contribution in [1.82, 2.24) is 0 Å². The van der Waals surface area contributed by atoms with Crippen LogP contribution in [0.3, 0.4) is 0 Å². The summed E-state index contributed by atoms with van der Waals surface area (Å²) in [4.78, 5) is 11.4. The second-order valence-corrected chi connectivity index (χ2v) is 10.6. The fourth-order valence-electron chi connectivity index (χ4n) is 7.01. The summed E-state index contributed by atoms with van der Waals surface area (Å²) in [7, 11) is 0. The van der Waals surface area contributed by atoms with E-state index in [4.69, 9.17) is 4.74 Å². The number of hydrogen-bond acceptors (Lipinski definition) is 4. The Morgan fingerprint density at radius 3 is 2.63 bits per heavy atom. The quantitative estimate of drug-likeness (QED) is 0.521. The number of carbonyl (C=O) groups excluding carboxylic acids is 1. The highest BCUT2D eigenvalue weighted by Crippen LogP contribution is 2.61. The standard InChI is InChI=1S/C27H30F3NO4/c1-14(32)31-22-9-5-17(12-21(22)27(28,29)30)35-23-13-26(2)20(8-10-24(26)34)19-6-3-15-11-16(33)4-7-18(15)25(19)23/h4-5,7,9,11-12,19-20,23-25,33-34H,3,6,8,10,13H2,1-2H3,(H,31,32)/t19-,20-,23-,24-,25+,26-/m0/s1. The molecule has 6 atom stereocenters. The molecule has 1 amide bonds. The fraction of sp³-hybridized carbons (Fsp3) is 0.519. The second-order valence-electron chi connectivity index (χ2n) is 10.6. The van der Waals surface area contributed by atoms with Crippen LogP contribution in [0.4, 0.5) is 18.9 Å². The highest BCUT2D eigenvalue weighted by Gasteiger charge is 2.58. The number of aromatic hydroxyl groups is 1. The summed E-state index contributed by atoms with van der Waals surface area (Å²) in [6.45, 7) is 3.24. The van der Waals surface area contributed by atoms with Gasteiger partial charge in [0.05, 0.1) is 17.4 Å². The summed E-state index contributed by atoms with van der Waals surface area (Å²) in [6, 6.07) is 8.95. The van der Waals surface area contributed by atoms with Gasteiger partial charge in [0.1, 0.15) is 17.6 Å². The van der Waals surface area contributed by atoms with E-state index in [0.717, 1.165) is 43.4 Å². The summed E-state index contributed by atoms with van der Waals surface area (Å²) in [5, 5.41) is 23.1. The number of phenols is 1. The molecule has 0 spiro atoms. The zero-order valence-corrected chi connectivity index (χ0v) is 19.7. The van der Waals surface area contributed by atoms with Gasteiger partial charge in [-0.25, -0.2) is 0 Å². The number of carbonyl (C=O) groups is 1. The van der Waals surface area contributed by atoms with Crippen LogP contribution in [0.2, 0.25) is 0 Å². The van der Waals surface area contributed by atoms with Crippen molar-refractivity contribution < 1.29 is 32.9 Å². The number of aliphatic hydroxyl groups is 1. The van der Waals surface area contributed by atoms with Gasteiger partial charge in [0.25, 0.3) is 0 Å². The molecule has 3 aliphatic carbocycles. The number of alkyl halides is 3. The van der Waals surface area contributed by atoms with Crippen LogP contribution >= 0.6 is 0 Å². The molecule has 2 aromatic rings. The molecule has 2 aromatic carbocycles. The number of fused-ring (bicyclic) bond motifs is 5. The summed E-state index contributed by atoms with van der Waals surface area (Å²) < 4.78 is 47.7. The highest BCUT2D eigenvalue weighted by molar-refractivity contribution is 5.89. The molecule has 188 valence electrons. The molecule has 5 nitrogen and oxygen atoms in total. The first-order valence-electron chi connectivity index (χ1n) is 12.1. The zero-order valence-electron chi connectivity index (χ0n) is 19.7. The SMILES string of the molecule is CC(=O)Nc1ccc(O[C@H]2C[C@]3(C)[C@@H](O)CC[C@H]3[C@@H]3CCc4cc(O)ccc4[C@H]32)cc1C(F)(F)F. The van der Waals surface area contributed by atoms with Crippen molar-refractivity contribution in [3.05, 3.63) is 53.1 Å². The van der Waals surface area contributed by atoms with Crippen molar-refractivity contribution >= 4 is 11.6 Å². The average molecular weight is 490 g/mol. The van der Waals surface area contributed by atoms with Gasteiger partial charge in [0.2, 0.25) is 5.91 Å². The summed E-state index contributed by atoms with van der Waals surface area (Å²) in [6.07, 6.45) is -1.74. The van der Waals surface area contributed by atoms with E-state index in [1.807, 2.05) is 6.07 Å². The van der Waals surface area contributed by atoms with Gasteiger partial charge in [-0.1, -0.05) is 13.0 Å². The van der Waals surface area contributed by atoms with E-state index in [2.05, 4.69) is 12.2 Å². The highest BCUT2D eigenvalue weighted by atomic mass is 19.4. The maximum absolute atomic E-state index is 13.8. The number of ether oxygens (including phenoxy) is 1. The maximum atomic E-state index is 13.8. The third-order valence-corrected chi connectivity index (χ3v) is 8.51. The van der Waals surface area contributed by atoms with Crippen LogP contribution in [0.1, 0.15) is 62.1 Å². The van der Waals surface area contributed by atoms with Crippen molar-refractivity contribution in [3.8, 4) is 11.5 Å². The molecular formula is C27H30F3NO4. The molecule has 3 aliphatic rings. The zero-order chi connectivity index (χ0) is 25.1. The predicted molar refractivity (Wildman–Crippen MR) is 124 cm³/mol. The molecule has 2 fully saturated rings. The first kappa shape index (κ1) is 24.0. The normalized spacial score (nSPS) is 31.8. The molecule has 5 rings (SSSR count). The minimum atomic E-state index is -4.67. The van der Waals surface area contributed by atoms with Crippen molar-refractivity contribution in [2.24, 2.45) is 17.3 Å². The first-order valence-corrected chi connectivity index (χ1v) is 12.1. The Kier molecular flexibility index (Phi) is 5.78. The van der Waals surface area contributed by atoms with E-state index in [1.165, 1.54) is 12.1 Å². The van der Waals surface area contributed by atoms with Crippen LogP contribution in [0.25, 0.3) is 0 Å². The Bertz CT molecular complexity index is 1150. The Morgan fingerprint density at radius 2 is 1.91 bits per heavy atom. The van der Waals surface area contributed by atoms with Gasteiger partial charge in [-0.2, -0.15) is 13.2 Å². The lowest BCUT2D eigenvalue weighted by atomic mass is 9.54. The number of nitrogens with one attached hydrogen (secondary N) is 1. The van der Waals surface area contributed by atoms with E-state index in [1.54, 1.807) is 12.1 Å². The van der Waals surface area contributed by atoms with E-state index < -0.39 is 29.9 Å². The summed E-state index contributed by atoms with van der Waals surface area (Å²) in [5.74, 6) is 0.170. The molecule has 35 heavy (non-hydrogen) atoms. The number of aryl methyl sites for hydroxylation is 1. The monoisotopic (exact) mass is 489 g/mol. The van der Waals surface area contributed by atoms with Gasteiger partial charge >= 0.3 is 6.18 Å². The lowest BCUT2D eigenvalue weighted by Gasteiger charge is -2.53. The van der Waals surface area contributed by atoms with Gasteiger partial charge in [0.15, 0.2) is 0 Å². The van der Waals surface area contributed by atoms with E-state index >= 15 is 0 Å². The van der Waals surface area contributed by atoms with Gasteiger partial charge in [-0.15, -0.1) is 0 Å². The van der Waals surface area contributed by atoms with Gasteiger partial charge in [0, 0.05) is 18.3 Å². The van der Waals surface area contributed by atoms with Gasteiger partial charge < -0.3 is 20.3 Å². The number of hydrogen-bond donors (Lipinski definition) is 3. The smallest absolute Gasteiger partial charge is 0.418 e. The van der Waals surface area contributed by atoms with Crippen molar-refractivity contribution in [1.29, 1.82) is 0 Å². The molecule has 0 unspecified atom stereocenters. The molecule has 0 bridgehead atoms. The van der Waals surface area contributed by atoms with Crippen molar-refractivity contribution in [2.75, 3.05) is 5.32 Å². The Balaban J connectivity index is 1.55. The third-order valence-electron chi connectivity index (χ3n) is 8.51. The summed E-state index contributed by atoms with van der Waals surface area (Å²) in [5.41, 5.74) is 0.466. The number of aliphatic hydroxyl groups excluding tert-OH is 1. The predicted octanol–water partition coefficient (Wildman–Crippen LogP) is 5.64. The Hall–Kier alpha value is -2.74. The number of amides is 1. The lowest BCUT2D eigenvalue weighted by Crippen LogP contribution is -2.51. The number of phenolic OH excluding ortho intramolecular Hbond substituents is 1. The number of benzene rings is 2. The van der Waals surface area contributed by atoms with E-state index in [0.29, 0.717) is 18.8 Å². The molecule has 0 saturated heterocycles.